The summed E-state index contributed by atoms with van der Waals surface area (Å²) in [5.74, 6) is -0.443. The van der Waals surface area contributed by atoms with Crippen LogP contribution in [0, 0.1) is 32.1 Å². The smallest absolute Gasteiger partial charge is 0.269 e. The summed E-state index contributed by atoms with van der Waals surface area (Å²) in [6.07, 6.45) is 2.68. The Labute approximate surface area is 161 Å². The number of primary amides is 1. The lowest BCUT2D eigenvalue weighted by molar-refractivity contribution is -0.114. The summed E-state index contributed by atoms with van der Waals surface area (Å²) in [7, 11) is 0. The van der Waals surface area contributed by atoms with Crippen LogP contribution in [-0.4, -0.2) is 15.3 Å². The van der Waals surface area contributed by atoms with Crippen LogP contribution in [0.25, 0.3) is 11.7 Å². The van der Waals surface area contributed by atoms with E-state index in [-0.39, 0.29) is 17.0 Å². The summed E-state index contributed by atoms with van der Waals surface area (Å²) in [6, 6.07) is 10.8. The van der Waals surface area contributed by atoms with Crippen LogP contribution in [0.4, 0.5) is 0 Å². The van der Waals surface area contributed by atoms with Gasteiger partial charge in [-0.1, -0.05) is 12.1 Å². The average Bonchev–Trinajstić information content (AvgIpc) is 2.61. The van der Waals surface area contributed by atoms with Crippen LogP contribution in [0.15, 0.2) is 46.9 Å². The van der Waals surface area contributed by atoms with Crippen molar-refractivity contribution in [1.82, 2.24) is 9.38 Å². The molecule has 2 heterocycles. The van der Waals surface area contributed by atoms with Gasteiger partial charge >= 0.3 is 0 Å². The van der Waals surface area contributed by atoms with Gasteiger partial charge < -0.3 is 10.5 Å². The highest BCUT2D eigenvalue weighted by atomic mass is 16.5. The first-order valence-electron chi connectivity index (χ1n) is 8.50. The van der Waals surface area contributed by atoms with E-state index in [1.165, 1.54) is 4.40 Å². The van der Waals surface area contributed by atoms with E-state index in [1.54, 1.807) is 30.5 Å². The molecule has 0 aliphatic rings. The monoisotopic (exact) mass is 374 g/mol. The second-order valence-electron chi connectivity index (χ2n) is 6.48. The van der Waals surface area contributed by atoms with Gasteiger partial charge in [0.15, 0.2) is 0 Å². The fraction of sp³-hybridized carbons (Fsp3) is 0.143. The molecule has 0 saturated carbocycles. The molecule has 1 amide bonds. The number of nitrogens with zero attached hydrogens (tertiary/aromatic N) is 3. The number of fused-ring (bicyclic) bond motifs is 1. The highest BCUT2D eigenvalue weighted by molar-refractivity contribution is 6.00. The standard InChI is InChI=1S/C21H18N4O3/c1-12-7-13(2)9-16(8-12)28-20-17(10-15(11-22)18(23)26)21(27)25-6-4-5-14(3)19(25)24-20/h4-10H,1-3H3,(H2,23,26)/b15-10-. The first-order valence-corrected chi connectivity index (χ1v) is 8.50. The molecular formula is C21H18N4O3. The van der Waals surface area contributed by atoms with Crippen molar-refractivity contribution in [1.29, 1.82) is 5.26 Å². The minimum atomic E-state index is -0.936. The number of hydrogen-bond donors (Lipinski definition) is 1. The first-order chi connectivity index (χ1) is 13.3. The lowest BCUT2D eigenvalue weighted by Gasteiger charge is -2.12. The summed E-state index contributed by atoms with van der Waals surface area (Å²) in [5, 5.41) is 9.17. The second-order valence-corrected chi connectivity index (χ2v) is 6.48. The molecule has 0 aliphatic heterocycles. The Bertz CT molecular complexity index is 1210. The minimum absolute atomic E-state index is 0.00157. The zero-order chi connectivity index (χ0) is 20.4. The fourth-order valence-electron chi connectivity index (χ4n) is 2.90. The molecule has 2 N–H and O–H groups in total. The Kier molecular flexibility index (Phi) is 4.96. The molecule has 0 radical (unpaired) electrons. The maximum absolute atomic E-state index is 13.0. The van der Waals surface area contributed by atoms with E-state index in [4.69, 9.17) is 10.5 Å². The van der Waals surface area contributed by atoms with E-state index in [0.717, 1.165) is 22.8 Å². The lowest BCUT2D eigenvalue weighted by atomic mass is 10.1. The fourth-order valence-corrected chi connectivity index (χ4v) is 2.90. The van der Waals surface area contributed by atoms with Gasteiger partial charge in [-0.2, -0.15) is 10.2 Å². The number of benzene rings is 1. The minimum Gasteiger partial charge on any atom is -0.438 e. The SMILES string of the molecule is Cc1cc(C)cc(Oc2nc3c(C)cccn3c(=O)c2/C=C(/C#N)C(N)=O)c1. The van der Waals surface area contributed by atoms with Crippen LogP contribution in [0.3, 0.4) is 0 Å². The molecule has 7 nitrogen and oxygen atoms in total. The number of carbonyl (C=O) groups is 1. The van der Waals surface area contributed by atoms with Crippen molar-refractivity contribution in [3.05, 3.63) is 74.7 Å². The Morgan fingerprint density at radius 2 is 1.93 bits per heavy atom. The Morgan fingerprint density at radius 3 is 2.54 bits per heavy atom. The number of nitriles is 1. The van der Waals surface area contributed by atoms with Crippen molar-refractivity contribution in [3.63, 3.8) is 0 Å². The molecule has 3 aromatic rings. The highest BCUT2D eigenvalue weighted by Gasteiger charge is 2.17. The number of aryl methyl sites for hydroxylation is 3. The number of hydrogen-bond acceptors (Lipinski definition) is 5. The van der Waals surface area contributed by atoms with Crippen molar-refractivity contribution in [2.24, 2.45) is 5.73 Å². The first kappa shape index (κ1) is 18.9. The normalized spacial score (nSPS) is 11.3. The Hall–Kier alpha value is -3.92. The van der Waals surface area contributed by atoms with E-state index in [9.17, 15) is 14.9 Å². The predicted octanol–water partition coefficient (Wildman–Crippen LogP) is 2.80. The highest BCUT2D eigenvalue weighted by Crippen LogP contribution is 2.26. The van der Waals surface area contributed by atoms with Gasteiger partial charge in [-0.15, -0.1) is 0 Å². The lowest BCUT2D eigenvalue weighted by Crippen LogP contribution is -2.20. The average molecular weight is 374 g/mol. The number of nitrogens with two attached hydrogens (primary N) is 1. The zero-order valence-corrected chi connectivity index (χ0v) is 15.7. The number of ether oxygens (including phenoxy) is 1. The Morgan fingerprint density at radius 1 is 1.25 bits per heavy atom. The molecule has 0 saturated heterocycles. The van der Waals surface area contributed by atoms with Gasteiger partial charge in [0, 0.05) is 6.20 Å². The van der Waals surface area contributed by atoms with Crippen LogP contribution in [-0.2, 0) is 4.79 Å². The maximum atomic E-state index is 13.0. The topological polar surface area (TPSA) is 110 Å². The molecule has 1 aromatic carbocycles. The molecule has 0 aliphatic carbocycles. The molecule has 7 heteroatoms. The molecule has 140 valence electrons. The van der Waals surface area contributed by atoms with Crippen molar-refractivity contribution in [3.8, 4) is 17.7 Å². The number of rotatable bonds is 4. The van der Waals surface area contributed by atoms with Gasteiger partial charge in [-0.25, -0.2) is 0 Å². The molecular weight excluding hydrogens is 356 g/mol. The third kappa shape index (κ3) is 3.62. The van der Waals surface area contributed by atoms with Crippen molar-refractivity contribution in [2.75, 3.05) is 0 Å². The quantitative estimate of drug-likeness (QED) is 0.558. The van der Waals surface area contributed by atoms with E-state index in [1.807, 2.05) is 32.9 Å². The summed E-state index contributed by atoms with van der Waals surface area (Å²) in [6.45, 7) is 5.67. The van der Waals surface area contributed by atoms with Gasteiger partial charge in [0.1, 0.15) is 28.6 Å². The van der Waals surface area contributed by atoms with E-state index in [0.29, 0.717) is 11.4 Å². The van der Waals surface area contributed by atoms with Crippen LogP contribution >= 0.6 is 0 Å². The number of carbonyl (C=O) groups excluding carboxylic acids is 1. The van der Waals surface area contributed by atoms with E-state index < -0.39 is 11.5 Å². The Balaban J connectivity index is 2.31. The van der Waals surface area contributed by atoms with Gasteiger partial charge in [0.25, 0.3) is 11.5 Å². The number of amides is 1. The van der Waals surface area contributed by atoms with E-state index in [2.05, 4.69) is 4.98 Å². The number of pyridine rings is 1. The van der Waals surface area contributed by atoms with Crippen LogP contribution < -0.4 is 16.0 Å². The van der Waals surface area contributed by atoms with Crippen molar-refractivity contribution < 1.29 is 9.53 Å². The molecule has 2 aromatic heterocycles. The second kappa shape index (κ2) is 7.37. The summed E-state index contributed by atoms with van der Waals surface area (Å²) in [4.78, 5) is 29.0. The van der Waals surface area contributed by atoms with E-state index >= 15 is 0 Å². The van der Waals surface area contributed by atoms with Gasteiger partial charge in [0.2, 0.25) is 5.88 Å². The van der Waals surface area contributed by atoms with Crippen LogP contribution in [0.2, 0.25) is 0 Å². The third-order valence-electron chi connectivity index (χ3n) is 4.13. The molecule has 0 atom stereocenters. The van der Waals surface area contributed by atoms with Gasteiger partial charge in [-0.05, 0) is 61.7 Å². The summed E-state index contributed by atoms with van der Waals surface area (Å²) >= 11 is 0. The molecule has 3 rings (SSSR count). The summed E-state index contributed by atoms with van der Waals surface area (Å²) in [5.41, 5.74) is 7.52. The van der Waals surface area contributed by atoms with Gasteiger partial charge in [0.05, 0.1) is 0 Å². The maximum Gasteiger partial charge on any atom is 0.269 e. The van der Waals surface area contributed by atoms with Crippen molar-refractivity contribution >= 4 is 17.6 Å². The van der Waals surface area contributed by atoms with Crippen LogP contribution in [0.5, 0.6) is 11.6 Å². The van der Waals surface area contributed by atoms with Gasteiger partial charge in [-0.3, -0.25) is 14.0 Å². The predicted molar refractivity (Wildman–Crippen MR) is 105 cm³/mol. The summed E-state index contributed by atoms with van der Waals surface area (Å²) < 4.78 is 7.25. The largest absolute Gasteiger partial charge is 0.438 e. The number of aromatic nitrogens is 2. The molecule has 0 unspecified atom stereocenters. The molecule has 28 heavy (non-hydrogen) atoms. The van der Waals surface area contributed by atoms with Crippen LogP contribution in [0.1, 0.15) is 22.3 Å². The molecule has 0 bridgehead atoms. The molecule has 0 fully saturated rings. The van der Waals surface area contributed by atoms with Crippen molar-refractivity contribution in [2.45, 2.75) is 20.8 Å². The zero-order valence-electron chi connectivity index (χ0n) is 15.7. The molecule has 0 spiro atoms. The third-order valence-corrected chi connectivity index (χ3v) is 4.13.